The predicted octanol–water partition coefficient (Wildman–Crippen LogP) is 3.76. The highest BCUT2D eigenvalue weighted by molar-refractivity contribution is 5.96. The number of fused-ring (bicyclic) bond motifs is 1. The van der Waals surface area contributed by atoms with Gasteiger partial charge in [0.15, 0.2) is 0 Å². The Morgan fingerprint density at radius 2 is 2.04 bits per heavy atom. The summed E-state index contributed by atoms with van der Waals surface area (Å²) in [5, 5.41) is 13.1. The van der Waals surface area contributed by atoms with Crippen molar-refractivity contribution in [1.29, 1.82) is 0 Å². The van der Waals surface area contributed by atoms with Gasteiger partial charge in [0.2, 0.25) is 0 Å². The van der Waals surface area contributed by atoms with Gasteiger partial charge < -0.3 is 20.1 Å². The third-order valence-electron chi connectivity index (χ3n) is 4.19. The number of para-hydroxylation sites is 1. The second-order valence-corrected chi connectivity index (χ2v) is 5.65. The number of rotatable bonds is 3. The normalized spacial score (nSPS) is 13.0. The molecule has 0 saturated carbocycles. The van der Waals surface area contributed by atoms with Gasteiger partial charge in [0.25, 0.3) is 0 Å². The van der Waals surface area contributed by atoms with Gasteiger partial charge in [0.1, 0.15) is 17.3 Å². The summed E-state index contributed by atoms with van der Waals surface area (Å²) in [5.41, 5.74) is 5.15. The third-order valence-corrected chi connectivity index (χ3v) is 4.19. The lowest BCUT2D eigenvalue weighted by Crippen LogP contribution is -2.09. The molecule has 0 atom stereocenters. The van der Waals surface area contributed by atoms with Crippen LogP contribution >= 0.6 is 0 Å². The molecule has 0 saturated heterocycles. The van der Waals surface area contributed by atoms with E-state index in [9.17, 15) is 5.11 Å². The number of hydrogen-bond donors (Lipinski definition) is 3. The van der Waals surface area contributed by atoms with Crippen LogP contribution in [0.15, 0.2) is 48.9 Å². The van der Waals surface area contributed by atoms with Gasteiger partial charge in [-0.05, 0) is 23.8 Å². The monoisotopic (exact) mass is 319 g/mol. The molecule has 0 radical (unpaired) electrons. The van der Waals surface area contributed by atoms with Gasteiger partial charge in [-0.3, -0.25) is 4.98 Å². The highest BCUT2D eigenvalue weighted by Crippen LogP contribution is 2.39. The molecule has 5 nitrogen and oxygen atoms in total. The third kappa shape index (κ3) is 2.40. The highest BCUT2D eigenvalue weighted by Gasteiger charge is 2.19. The minimum atomic E-state index is 0.165. The Kier molecular flexibility index (Phi) is 3.46. The van der Waals surface area contributed by atoms with Crippen molar-refractivity contribution in [2.75, 3.05) is 19.0 Å². The molecule has 4 rings (SSSR count). The predicted molar refractivity (Wildman–Crippen MR) is 95.0 cm³/mol. The molecule has 1 aliphatic rings. The number of nitrogens with zero attached hydrogens (tertiary/aromatic N) is 1. The molecule has 3 N–H and O–H groups in total. The number of hydrogen-bond acceptors (Lipinski definition) is 4. The molecule has 0 spiro atoms. The minimum Gasteiger partial charge on any atom is -0.506 e. The summed E-state index contributed by atoms with van der Waals surface area (Å²) in [6.07, 6.45) is 7.30. The van der Waals surface area contributed by atoms with Crippen LogP contribution in [0.1, 0.15) is 11.1 Å². The van der Waals surface area contributed by atoms with Crippen molar-refractivity contribution >= 4 is 17.5 Å². The maximum atomic E-state index is 9.67. The summed E-state index contributed by atoms with van der Waals surface area (Å²) < 4.78 is 5.49. The topological polar surface area (TPSA) is 70.2 Å². The Bertz CT molecular complexity index is 928. The van der Waals surface area contributed by atoms with E-state index in [1.165, 1.54) is 6.20 Å². The lowest BCUT2D eigenvalue weighted by atomic mass is 9.97. The molecule has 0 amide bonds. The fourth-order valence-electron chi connectivity index (χ4n) is 3.02. The SMILES string of the molecule is COc1ccccc1-c1c[nH]c2c1C=C(c1cncc(O)c1)CN2. The fraction of sp³-hybridized carbons (Fsp3) is 0.105. The molecule has 5 heteroatoms. The molecular formula is C19H17N3O2. The Hall–Kier alpha value is -3.21. The van der Waals surface area contributed by atoms with Crippen molar-refractivity contribution in [1.82, 2.24) is 9.97 Å². The zero-order valence-electron chi connectivity index (χ0n) is 13.2. The summed E-state index contributed by atoms with van der Waals surface area (Å²) in [7, 11) is 1.68. The number of anilines is 1. The van der Waals surface area contributed by atoms with Crippen molar-refractivity contribution < 1.29 is 9.84 Å². The maximum Gasteiger partial charge on any atom is 0.134 e. The quantitative estimate of drug-likeness (QED) is 0.687. The van der Waals surface area contributed by atoms with E-state index in [-0.39, 0.29) is 5.75 Å². The second-order valence-electron chi connectivity index (χ2n) is 5.65. The average Bonchev–Trinajstić information content (AvgIpc) is 3.04. The van der Waals surface area contributed by atoms with Gasteiger partial charge in [-0.1, -0.05) is 18.2 Å². The number of methoxy groups -OCH3 is 1. The Morgan fingerprint density at radius 1 is 1.17 bits per heavy atom. The van der Waals surface area contributed by atoms with E-state index in [0.717, 1.165) is 39.4 Å². The highest BCUT2D eigenvalue weighted by atomic mass is 16.5. The number of ether oxygens (including phenoxy) is 1. The summed E-state index contributed by atoms with van der Waals surface area (Å²) in [6, 6.07) is 9.67. The van der Waals surface area contributed by atoms with Gasteiger partial charge in [-0.2, -0.15) is 0 Å². The second kappa shape index (κ2) is 5.77. The van der Waals surface area contributed by atoms with E-state index < -0.39 is 0 Å². The zero-order chi connectivity index (χ0) is 16.5. The van der Waals surface area contributed by atoms with Crippen LogP contribution in [0.4, 0.5) is 5.82 Å². The van der Waals surface area contributed by atoms with Crippen LogP contribution < -0.4 is 10.1 Å². The van der Waals surface area contributed by atoms with Crippen molar-refractivity contribution in [2.45, 2.75) is 0 Å². The van der Waals surface area contributed by atoms with Gasteiger partial charge in [-0.25, -0.2) is 0 Å². The van der Waals surface area contributed by atoms with Gasteiger partial charge in [0.05, 0.1) is 13.3 Å². The lowest BCUT2D eigenvalue weighted by molar-refractivity contribution is 0.416. The van der Waals surface area contributed by atoms with Crippen molar-refractivity contribution in [3.8, 4) is 22.6 Å². The van der Waals surface area contributed by atoms with Crippen LogP contribution in [0.2, 0.25) is 0 Å². The molecule has 3 heterocycles. The fourth-order valence-corrected chi connectivity index (χ4v) is 3.02. The van der Waals surface area contributed by atoms with Crippen molar-refractivity contribution in [3.63, 3.8) is 0 Å². The first-order valence-electron chi connectivity index (χ1n) is 7.70. The molecule has 0 aliphatic carbocycles. The average molecular weight is 319 g/mol. The summed E-state index contributed by atoms with van der Waals surface area (Å²) in [4.78, 5) is 7.35. The van der Waals surface area contributed by atoms with Crippen molar-refractivity contribution in [3.05, 3.63) is 60.0 Å². The van der Waals surface area contributed by atoms with Crippen LogP contribution in [0.5, 0.6) is 11.5 Å². The lowest BCUT2D eigenvalue weighted by Gasteiger charge is -2.17. The molecule has 24 heavy (non-hydrogen) atoms. The largest absolute Gasteiger partial charge is 0.506 e. The van der Waals surface area contributed by atoms with Crippen LogP contribution in [0.3, 0.4) is 0 Å². The minimum absolute atomic E-state index is 0.165. The van der Waals surface area contributed by atoms with Crippen molar-refractivity contribution in [2.24, 2.45) is 0 Å². The smallest absolute Gasteiger partial charge is 0.134 e. The van der Waals surface area contributed by atoms with E-state index in [2.05, 4.69) is 21.4 Å². The molecule has 0 fully saturated rings. The number of aromatic nitrogens is 2. The van der Waals surface area contributed by atoms with E-state index in [4.69, 9.17) is 4.74 Å². The van der Waals surface area contributed by atoms with Crippen LogP contribution in [0.25, 0.3) is 22.8 Å². The van der Waals surface area contributed by atoms with E-state index in [1.807, 2.05) is 30.5 Å². The van der Waals surface area contributed by atoms with Gasteiger partial charge in [-0.15, -0.1) is 0 Å². The first-order valence-corrected chi connectivity index (χ1v) is 7.70. The molecule has 1 aromatic carbocycles. The maximum absolute atomic E-state index is 9.67. The molecule has 0 bridgehead atoms. The standard InChI is InChI=1S/C19H17N3O2/c1-24-18-5-3-2-4-15(18)17-11-22-19-16(17)7-13(9-21-19)12-6-14(23)10-20-8-12/h2-8,10-11,21-23H,9H2,1H3. The molecule has 0 unspecified atom stereocenters. The Morgan fingerprint density at radius 3 is 2.88 bits per heavy atom. The molecule has 1 aliphatic heterocycles. The first kappa shape index (κ1) is 14.4. The molecule has 2 aromatic heterocycles. The number of pyridine rings is 1. The number of H-pyrrole nitrogens is 1. The van der Waals surface area contributed by atoms with Gasteiger partial charge >= 0.3 is 0 Å². The van der Waals surface area contributed by atoms with E-state index >= 15 is 0 Å². The Balaban J connectivity index is 1.83. The molecule has 3 aromatic rings. The first-order chi connectivity index (χ1) is 11.8. The number of aromatic amines is 1. The zero-order valence-corrected chi connectivity index (χ0v) is 13.2. The van der Waals surface area contributed by atoms with Crippen LogP contribution in [-0.4, -0.2) is 28.7 Å². The molecule has 120 valence electrons. The number of nitrogens with one attached hydrogen (secondary N) is 2. The number of aromatic hydroxyl groups is 1. The number of benzene rings is 1. The summed E-state index contributed by atoms with van der Waals surface area (Å²) >= 11 is 0. The molecular weight excluding hydrogens is 302 g/mol. The summed E-state index contributed by atoms with van der Waals surface area (Å²) in [6.45, 7) is 0.671. The van der Waals surface area contributed by atoms with E-state index in [0.29, 0.717) is 6.54 Å². The summed E-state index contributed by atoms with van der Waals surface area (Å²) in [5.74, 6) is 1.98. The van der Waals surface area contributed by atoms with Gasteiger partial charge in [0, 0.05) is 41.2 Å². The Labute approximate surface area is 139 Å². The van der Waals surface area contributed by atoms with Crippen LogP contribution in [-0.2, 0) is 0 Å². The van der Waals surface area contributed by atoms with E-state index in [1.54, 1.807) is 19.4 Å². The van der Waals surface area contributed by atoms with Crippen LogP contribution in [0, 0.1) is 0 Å².